The summed E-state index contributed by atoms with van der Waals surface area (Å²) in [6, 6.07) is 9.89. The minimum atomic E-state index is 0.0857. The number of unbranched alkanes of at least 4 members (excludes halogenated alkanes) is 4. The van der Waals surface area contributed by atoms with Gasteiger partial charge in [0.05, 0.1) is 0 Å². The molecule has 0 saturated heterocycles. The van der Waals surface area contributed by atoms with Crippen LogP contribution in [0.2, 0.25) is 0 Å². The number of carbonyl (C=O) groups is 3. The van der Waals surface area contributed by atoms with Crippen LogP contribution in [0.4, 0.5) is 0 Å². The van der Waals surface area contributed by atoms with E-state index in [1.165, 1.54) is 6.08 Å². The highest BCUT2D eigenvalue weighted by molar-refractivity contribution is 5.90. The number of rotatable bonds is 15. The normalized spacial score (nSPS) is 11.5. The van der Waals surface area contributed by atoms with Crippen LogP contribution in [-0.2, 0) is 20.9 Å². The monoisotopic (exact) mass is 395 g/mol. The molecule has 4 heteroatoms. The Hall–Kier alpha value is -2.75. The van der Waals surface area contributed by atoms with Crippen LogP contribution in [-0.4, -0.2) is 17.5 Å². The van der Waals surface area contributed by atoms with E-state index in [1.54, 1.807) is 30.4 Å². The van der Waals surface area contributed by atoms with Crippen molar-refractivity contribution in [1.82, 2.24) is 5.32 Å². The van der Waals surface area contributed by atoms with Crippen LogP contribution in [0.3, 0.4) is 0 Å². The first-order chi connectivity index (χ1) is 14.1. The third-order valence-electron chi connectivity index (χ3n) is 4.41. The van der Waals surface area contributed by atoms with Gasteiger partial charge in [0.2, 0.25) is 5.91 Å². The molecule has 1 amide bonds. The average molecular weight is 396 g/mol. The number of carbonyl (C=O) groups excluding carboxylic acids is 3. The van der Waals surface area contributed by atoms with Crippen molar-refractivity contribution in [2.75, 3.05) is 0 Å². The minimum absolute atomic E-state index is 0.0857. The Morgan fingerprint density at radius 1 is 0.759 bits per heavy atom. The van der Waals surface area contributed by atoms with Gasteiger partial charge in [0.15, 0.2) is 11.6 Å². The van der Waals surface area contributed by atoms with E-state index in [-0.39, 0.29) is 17.5 Å². The maximum absolute atomic E-state index is 11.8. The molecule has 0 heterocycles. The molecular weight excluding hydrogens is 362 g/mol. The van der Waals surface area contributed by atoms with Gasteiger partial charge in [-0.3, -0.25) is 14.4 Å². The van der Waals surface area contributed by atoms with Gasteiger partial charge in [0.25, 0.3) is 0 Å². The molecule has 0 bridgehead atoms. The summed E-state index contributed by atoms with van der Waals surface area (Å²) in [5, 5.41) is 2.94. The van der Waals surface area contributed by atoms with E-state index in [0.29, 0.717) is 25.8 Å². The molecule has 156 valence electrons. The Kier molecular flexibility index (Phi) is 13.6. The lowest BCUT2D eigenvalue weighted by Gasteiger charge is -2.05. The highest BCUT2D eigenvalue weighted by Crippen LogP contribution is 2.08. The average Bonchev–Trinajstić information content (AvgIpc) is 2.74. The number of ketones is 2. The molecule has 0 aliphatic rings. The lowest BCUT2D eigenvalue weighted by atomic mass is 10.1. The van der Waals surface area contributed by atoms with E-state index in [1.807, 2.05) is 37.3 Å². The molecule has 0 unspecified atom stereocenters. The van der Waals surface area contributed by atoms with Gasteiger partial charge in [-0.25, -0.2) is 0 Å². The van der Waals surface area contributed by atoms with Crippen molar-refractivity contribution in [2.45, 2.75) is 64.8 Å². The molecule has 0 radical (unpaired) electrons. The van der Waals surface area contributed by atoms with Crippen molar-refractivity contribution in [2.24, 2.45) is 0 Å². The van der Waals surface area contributed by atoms with Gasteiger partial charge in [-0.1, -0.05) is 80.8 Å². The zero-order valence-corrected chi connectivity index (χ0v) is 17.4. The number of allylic oxidation sites excluding steroid dienone is 6. The molecule has 0 aliphatic heterocycles. The molecule has 1 rings (SSSR count). The zero-order valence-electron chi connectivity index (χ0n) is 17.4. The SMILES string of the molecule is CCC(=O)/C=C/C=C/C=C/C(=O)CCCCCCCC(=O)NCc1ccccc1. The lowest BCUT2D eigenvalue weighted by molar-refractivity contribution is -0.121. The Morgan fingerprint density at radius 3 is 2.00 bits per heavy atom. The quantitative estimate of drug-likeness (QED) is 0.251. The van der Waals surface area contributed by atoms with Gasteiger partial charge in [0.1, 0.15) is 0 Å². The van der Waals surface area contributed by atoms with E-state index >= 15 is 0 Å². The number of benzene rings is 1. The zero-order chi connectivity index (χ0) is 21.2. The molecule has 4 nitrogen and oxygen atoms in total. The molecule has 0 fully saturated rings. The van der Waals surface area contributed by atoms with Crippen molar-refractivity contribution >= 4 is 17.5 Å². The van der Waals surface area contributed by atoms with Crippen molar-refractivity contribution in [1.29, 1.82) is 0 Å². The molecule has 29 heavy (non-hydrogen) atoms. The molecule has 0 atom stereocenters. The number of hydrogen-bond acceptors (Lipinski definition) is 3. The second-order valence-electron chi connectivity index (χ2n) is 6.92. The van der Waals surface area contributed by atoms with Crippen LogP contribution in [0.1, 0.15) is 63.9 Å². The molecule has 0 aliphatic carbocycles. The fourth-order valence-corrected chi connectivity index (χ4v) is 2.66. The first kappa shape index (κ1) is 24.3. The summed E-state index contributed by atoms with van der Waals surface area (Å²) in [7, 11) is 0. The molecule has 0 spiro atoms. The van der Waals surface area contributed by atoms with E-state index in [9.17, 15) is 14.4 Å². The molecule has 0 saturated carbocycles. The fraction of sp³-hybridized carbons (Fsp3) is 0.400. The van der Waals surface area contributed by atoms with Crippen LogP contribution in [0.25, 0.3) is 0 Å². The van der Waals surface area contributed by atoms with Crippen LogP contribution >= 0.6 is 0 Å². The highest BCUT2D eigenvalue weighted by Gasteiger charge is 2.01. The summed E-state index contributed by atoms with van der Waals surface area (Å²) in [5.41, 5.74) is 1.11. The van der Waals surface area contributed by atoms with Crippen LogP contribution < -0.4 is 5.32 Å². The van der Waals surface area contributed by atoms with Gasteiger partial charge in [-0.2, -0.15) is 0 Å². The van der Waals surface area contributed by atoms with E-state index in [0.717, 1.165) is 37.7 Å². The summed E-state index contributed by atoms with van der Waals surface area (Å²) in [6.45, 7) is 2.40. The van der Waals surface area contributed by atoms with E-state index in [4.69, 9.17) is 0 Å². The first-order valence-corrected chi connectivity index (χ1v) is 10.5. The fourth-order valence-electron chi connectivity index (χ4n) is 2.66. The molecule has 1 aromatic rings. The van der Waals surface area contributed by atoms with Crippen LogP contribution in [0.5, 0.6) is 0 Å². The Labute approximate surface area is 174 Å². The Morgan fingerprint density at radius 2 is 1.34 bits per heavy atom. The number of nitrogens with one attached hydrogen (secondary N) is 1. The lowest BCUT2D eigenvalue weighted by Crippen LogP contribution is -2.22. The highest BCUT2D eigenvalue weighted by atomic mass is 16.1. The summed E-state index contributed by atoms with van der Waals surface area (Å²) in [5.74, 6) is 0.294. The second-order valence-corrected chi connectivity index (χ2v) is 6.92. The van der Waals surface area contributed by atoms with Crippen molar-refractivity contribution in [3.63, 3.8) is 0 Å². The topological polar surface area (TPSA) is 63.2 Å². The van der Waals surface area contributed by atoms with E-state index in [2.05, 4.69) is 5.32 Å². The first-order valence-electron chi connectivity index (χ1n) is 10.5. The number of hydrogen-bond donors (Lipinski definition) is 1. The standard InChI is InChI=1S/C25H33NO3/c1-2-23(27)17-11-6-7-13-19-24(28)18-12-4-3-5-14-20-25(29)26-21-22-15-9-8-10-16-22/h6-11,13,15-17,19H,2-5,12,14,18,20-21H2,1H3,(H,26,29)/b7-6+,17-11+,19-13+. The maximum Gasteiger partial charge on any atom is 0.220 e. The molecular formula is C25H33NO3. The second kappa shape index (κ2) is 16.2. The Balaban J connectivity index is 1.99. The van der Waals surface area contributed by atoms with Gasteiger partial charge >= 0.3 is 0 Å². The van der Waals surface area contributed by atoms with E-state index < -0.39 is 0 Å². The van der Waals surface area contributed by atoms with Crippen LogP contribution in [0.15, 0.2) is 66.8 Å². The summed E-state index contributed by atoms with van der Waals surface area (Å²) >= 11 is 0. The smallest absolute Gasteiger partial charge is 0.220 e. The summed E-state index contributed by atoms with van der Waals surface area (Å²) < 4.78 is 0. The number of amides is 1. The molecule has 1 aromatic carbocycles. The molecule has 0 aromatic heterocycles. The summed E-state index contributed by atoms with van der Waals surface area (Å²) in [4.78, 5) is 34.6. The molecule has 1 N–H and O–H groups in total. The Bertz CT molecular complexity index is 702. The third-order valence-corrected chi connectivity index (χ3v) is 4.41. The van der Waals surface area contributed by atoms with Crippen molar-refractivity contribution in [3.05, 3.63) is 72.4 Å². The van der Waals surface area contributed by atoms with Gasteiger partial charge in [-0.05, 0) is 30.6 Å². The van der Waals surface area contributed by atoms with Gasteiger partial charge in [-0.15, -0.1) is 0 Å². The van der Waals surface area contributed by atoms with Crippen molar-refractivity contribution in [3.8, 4) is 0 Å². The largest absolute Gasteiger partial charge is 0.352 e. The third kappa shape index (κ3) is 14.0. The minimum Gasteiger partial charge on any atom is -0.352 e. The predicted octanol–water partition coefficient (Wildman–Crippen LogP) is 5.25. The van der Waals surface area contributed by atoms with Gasteiger partial charge < -0.3 is 5.32 Å². The van der Waals surface area contributed by atoms with Crippen LogP contribution in [0, 0.1) is 0 Å². The predicted molar refractivity (Wildman–Crippen MR) is 118 cm³/mol. The maximum atomic E-state index is 11.8. The van der Waals surface area contributed by atoms with Gasteiger partial charge in [0, 0.05) is 25.8 Å². The van der Waals surface area contributed by atoms with Crippen molar-refractivity contribution < 1.29 is 14.4 Å². The summed E-state index contributed by atoms with van der Waals surface area (Å²) in [6.07, 6.45) is 16.4.